The highest BCUT2D eigenvalue weighted by Crippen LogP contribution is 2.20. The molecule has 0 aromatic heterocycles. The SMILES string of the molecule is NCc1ccc(COc2ccc(F)cc2)c(Cl)c1. The molecule has 4 heteroatoms. The molecule has 0 fully saturated rings. The lowest BCUT2D eigenvalue weighted by atomic mass is 10.1. The second kappa shape index (κ2) is 5.85. The average Bonchev–Trinajstić information content (AvgIpc) is 2.39. The fourth-order valence-corrected chi connectivity index (χ4v) is 1.78. The monoisotopic (exact) mass is 265 g/mol. The third-order valence-corrected chi connectivity index (χ3v) is 2.91. The van der Waals surface area contributed by atoms with Crippen LogP contribution in [0.1, 0.15) is 11.1 Å². The first-order valence-corrected chi connectivity index (χ1v) is 5.92. The smallest absolute Gasteiger partial charge is 0.123 e. The number of hydrogen-bond donors (Lipinski definition) is 1. The molecule has 0 aliphatic rings. The number of ether oxygens (including phenoxy) is 1. The van der Waals surface area contributed by atoms with Gasteiger partial charge in [0.15, 0.2) is 0 Å². The fourth-order valence-electron chi connectivity index (χ4n) is 1.53. The number of benzene rings is 2. The molecule has 94 valence electrons. The topological polar surface area (TPSA) is 35.2 Å². The number of rotatable bonds is 4. The van der Waals surface area contributed by atoms with Gasteiger partial charge in [0.05, 0.1) is 0 Å². The molecule has 0 saturated heterocycles. The minimum atomic E-state index is -0.285. The largest absolute Gasteiger partial charge is 0.489 e. The van der Waals surface area contributed by atoms with Crippen molar-refractivity contribution in [2.24, 2.45) is 5.73 Å². The Kier molecular flexibility index (Phi) is 4.18. The highest BCUT2D eigenvalue weighted by atomic mass is 35.5. The van der Waals surface area contributed by atoms with Gasteiger partial charge in [-0.2, -0.15) is 0 Å². The standard InChI is InChI=1S/C14H13ClFNO/c15-14-7-10(8-17)1-2-11(14)9-18-13-5-3-12(16)4-6-13/h1-7H,8-9,17H2. The molecule has 0 unspecified atom stereocenters. The normalized spacial score (nSPS) is 10.4. The molecule has 2 aromatic rings. The maximum atomic E-state index is 12.7. The Labute approximate surface area is 110 Å². The van der Waals surface area contributed by atoms with Gasteiger partial charge in [-0.15, -0.1) is 0 Å². The second-order valence-electron chi connectivity index (χ2n) is 3.87. The number of halogens is 2. The van der Waals surface area contributed by atoms with E-state index in [9.17, 15) is 4.39 Å². The molecule has 0 heterocycles. The lowest BCUT2D eigenvalue weighted by Gasteiger charge is -2.08. The summed E-state index contributed by atoms with van der Waals surface area (Å²) in [6.45, 7) is 0.800. The van der Waals surface area contributed by atoms with E-state index in [1.807, 2.05) is 18.2 Å². The summed E-state index contributed by atoms with van der Waals surface area (Å²) in [4.78, 5) is 0. The van der Waals surface area contributed by atoms with Crippen molar-refractivity contribution < 1.29 is 9.13 Å². The van der Waals surface area contributed by atoms with Crippen molar-refractivity contribution in [2.45, 2.75) is 13.2 Å². The third-order valence-electron chi connectivity index (χ3n) is 2.56. The summed E-state index contributed by atoms with van der Waals surface area (Å²) in [5.74, 6) is 0.322. The van der Waals surface area contributed by atoms with Gasteiger partial charge in [0, 0.05) is 17.1 Å². The molecule has 2 N–H and O–H groups in total. The van der Waals surface area contributed by atoms with E-state index in [0.29, 0.717) is 23.9 Å². The van der Waals surface area contributed by atoms with Crippen molar-refractivity contribution in [1.82, 2.24) is 0 Å². The van der Waals surface area contributed by atoms with E-state index in [1.165, 1.54) is 12.1 Å². The van der Waals surface area contributed by atoms with Crippen LogP contribution < -0.4 is 10.5 Å². The van der Waals surface area contributed by atoms with Gasteiger partial charge in [-0.05, 0) is 35.9 Å². The van der Waals surface area contributed by atoms with Crippen LogP contribution in [-0.4, -0.2) is 0 Å². The first-order chi connectivity index (χ1) is 8.69. The molecule has 2 rings (SSSR count). The average molecular weight is 266 g/mol. The van der Waals surface area contributed by atoms with Crippen molar-refractivity contribution in [2.75, 3.05) is 0 Å². The second-order valence-corrected chi connectivity index (χ2v) is 4.28. The maximum absolute atomic E-state index is 12.7. The van der Waals surface area contributed by atoms with Crippen LogP contribution in [0.4, 0.5) is 4.39 Å². The predicted molar refractivity (Wildman–Crippen MR) is 70.1 cm³/mol. The van der Waals surface area contributed by atoms with Crippen LogP contribution >= 0.6 is 11.6 Å². The molecular formula is C14H13ClFNO. The van der Waals surface area contributed by atoms with Crippen LogP contribution in [-0.2, 0) is 13.2 Å². The van der Waals surface area contributed by atoms with Gasteiger partial charge >= 0.3 is 0 Å². The van der Waals surface area contributed by atoms with Crippen LogP contribution in [0.2, 0.25) is 5.02 Å². The van der Waals surface area contributed by atoms with Gasteiger partial charge in [0.1, 0.15) is 18.2 Å². The van der Waals surface area contributed by atoms with E-state index in [-0.39, 0.29) is 5.82 Å². The third kappa shape index (κ3) is 3.22. The summed E-state index contributed by atoms with van der Waals surface area (Å²) >= 11 is 6.10. The van der Waals surface area contributed by atoms with Crippen LogP contribution in [0.5, 0.6) is 5.75 Å². The van der Waals surface area contributed by atoms with E-state index in [0.717, 1.165) is 11.1 Å². The molecule has 0 spiro atoms. The maximum Gasteiger partial charge on any atom is 0.123 e. The summed E-state index contributed by atoms with van der Waals surface area (Å²) in [5.41, 5.74) is 7.37. The summed E-state index contributed by atoms with van der Waals surface area (Å²) < 4.78 is 18.2. The summed E-state index contributed by atoms with van der Waals surface area (Å²) in [6.07, 6.45) is 0. The Bertz CT molecular complexity index is 528. The molecule has 0 amide bonds. The van der Waals surface area contributed by atoms with E-state index in [1.54, 1.807) is 12.1 Å². The molecule has 0 atom stereocenters. The van der Waals surface area contributed by atoms with Gasteiger partial charge in [0.25, 0.3) is 0 Å². The predicted octanol–water partition coefficient (Wildman–Crippen LogP) is 3.52. The molecule has 0 radical (unpaired) electrons. The summed E-state index contributed by atoms with van der Waals surface area (Å²) in [6, 6.07) is 11.5. The van der Waals surface area contributed by atoms with E-state index in [2.05, 4.69) is 0 Å². The van der Waals surface area contributed by atoms with Crippen LogP contribution in [0.25, 0.3) is 0 Å². The van der Waals surface area contributed by atoms with E-state index >= 15 is 0 Å². The minimum Gasteiger partial charge on any atom is -0.489 e. The van der Waals surface area contributed by atoms with Crippen molar-refractivity contribution in [1.29, 1.82) is 0 Å². The molecule has 0 bridgehead atoms. The van der Waals surface area contributed by atoms with Crippen LogP contribution in [0.15, 0.2) is 42.5 Å². The lowest BCUT2D eigenvalue weighted by Crippen LogP contribution is -2.00. The summed E-state index contributed by atoms with van der Waals surface area (Å²) in [5, 5.41) is 0.625. The Hall–Kier alpha value is -1.58. The Balaban J connectivity index is 2.04. The van der Waals surface area contributed by atoms with Gasteiger partial charge in [-0.1, -0.05) is 23.7 Å². The Morgan fingerprint density at radius 3 is 2.44 bits per heavy atom. The molecule has 2 nitrogen and oxygen atoms in total. The minimum absolute atomic E-state index is 0.285. The molecule has 0 aliphatic carbocycles. The number of hydrogen-bond acceptors (Lipinski definition) is 2. The highest BCUT2D eigenvalue weighted by molar-refractivity contribution is 6.31. The van der Waals surface area contributed by atoms with Gasteiger partial charge in [0.2, 0.25) is 0 Å². The van der Waals surface area contributed by atoms with Gasteiger partial charge < -0.3 is 10.5 Å². The summed E-state index contributed by atoms with van der Waals surface area (Å²) in [7, 11) is 0. The van der Waals surface area contributed by atoms with Gasteiger partial charge in [-0.25, -0.2) is 4.39 Å². The Morgan fingerprint density at radius 1 is 1.11 bits per heavy atom. The van der Waals surface area contributed by atoms with Crippen molar-refractivity contribution in [3.63, 3.8) is 0 Å². The van der Waals surface area contributed by atoms with Crippen molar-refractivity contribution in [3.05, 3.63) is 64.4 Å². The van der Waals surface area contributed by atoms with Crippen molar-refractivity contribution >= 4 is 11.6 Å². The van der Waals surface area contributed by atoms with Crippen molar-refractivity contribution in [3.8, 4) is 5.75 Å². The van der Waals surface area contributed by atoms with E-state index in [4.69, 9.17) is 22.1 Å². The highest BCUT2D eigenvalue weighted by Gasteiger charge is 2.03. The number of nitrogens with two attached hydrogens (primary N) is 1. The molecule has 18 heavy (non-hydrogen) atoms. The van der Waals surface area contributed by atoms with E-state index < -0.39 is 0 Å². The molecule has 2 aromatic carbocycles. The first kappa shape index (κ1) is 12.9. The van der Waals surface area contributed by atoms with Crippen LogP contribution in [0.3, 0.4) is 0 Å². The fraction of sp³-hybridized carbons (Fsp3) is 0.143. The Morgan fingerprint density at radius 2 is 1.83 bits per heavy atom. The first-order valence-electron chi connectivity index (χ1n) is 5.55. The zero-order chi connectivity index (χ0) is 13.0. The molecular weight excluding hydrogens is 253 g/mol. The molecule has 0 aliphatic heterocycles. The zero-order valence-electron chi connectivity index (χ0n) is 9.70. The molecule has 0 saturated carbocycles. The van der Waals surface area contributed by atoms with Gasteiger partial charge in [-0.3, -0.25) is 0 Å². The quantitative estimate of drug-likeness (QED) is 0.918. The lowest BCUT2D eigenvalue weighted by molar-refractivity contribution is 0.306. The zero-order valence-corrected chi connectivity index (χ0v) is 10.5. The van der Waals surface area contributed by atoms with Crippen LogP contribution in [0, 0.1) is 5.82 Å².